The summed E-state index contributed by atoms with van der Waals surface area (Å²) >= 11 is 6.13. The van der Waals surface area contributed by atoms with Gasteiger partial charge in [0.05, 0.1) is 29.5 Å². The number of hydrogen-bond acceptors (Lipinski definition) is 6. The molecule has 3 aromatic carbocycles. The molecule has 0 aliphatic carbocycles. The molecule has 0 saturated carbocycles. The molecule has 1 heterocycles. The lowest BCUT2D eigenvalue weighted by molar-refractivity contribution is 0.00997. The van der Waals surface area contributed by atoms with Crippen molar-refractivity contribution in [3.05, 3.63) is 94.0 Å². The number of nitriles is 1. The van der Waals surface area contributed by atoms with Crippen LogP contribution in [0.25, 0.3) is 0 Å². The minimum atomic E-state index is -1.41. The van der Waals surface area contributed by atoms with Crippen LogP contribution in [0.15, 0.2) is 60.7 Å². The maximum atomic E-state index is 13.8. The van der Waals surface area contributed by atoms with Crippen molar-refractivity contribution in [2.75, 3.05) is 44.3 Å². The molecule has 4 rings (SSSR count). The average Bonchev–Trinajstić information content (AvgIpc) is 2.89. The molecule has 0 spiro atoms. The number of aliphatic hydroxyl groups is 2. The molecule has 37 heavy (non-hydrogen) atoms. The van der Waals surface area contributed by atoms with E-state index in [2.05, 4.69) is 15.9 Å². The van der Waals surface area contributed by atoms with Crippen LogP contribution in [-0.4, -0.2) is 54.5 Å². The number of halogens is 3. The summed E-state index contributed by atoms with van der Waals surface area (Å²) in [7, 11) is 0. The molecule has 3 aromatic rings. The zero-order chi connectivity index (χ0) is 26.6. The summed E-state index contributed by atoms with van der Waals surface area (Å²) in [4.78, 5) is 4.21. The lowest BCUT2D eigenvalue weighted by atomic mass is 9.93. The van der Waals surface area contributed by atoms with Crippen molar-refractivity contribution in [2.45, 2.75) is 18.6 Å². The lowest BCUT2D eigenvalue weighted by Crippen LogP contribution is -2.52. The summed E-state index contributed by atoms with van der Waals surface area (Å²) < 4.78 is 32.8. The highest BCUT2D eigenvalue weighted by Crippen LogP contribution is 2.36. The van der Waals surface area contributed by atoms with E-state index in [1.54, 1.807) is 19.1 Å². The second kappa shape index (κ2) is 11.4. The molecule has 2 N–H and O–H groups in total. The van der Waals surface area contributed by atoms with Gasteiger partial charge in [-0.25, -0.2) is 8.78 Å². The summed E-state index contributed by atoms with van der Waals surface area (Å²) in [5.41, 5.74) is 1.04. The van der Waals surface area contributed by atoms with Gasteiger partial charge in [-0.2, -0.15) is 5.26 Å². The molecule has 2 atom stereocenters. The number of β-amino-alcohol motifs (C(OH)–C–C–N with tert-alkyl or cyclic N) is 1. The minimum Gasteiger partial charge on any atom is -0.491 e. The minimum absolute atomic E-state index is 0.126. The fourth-order valence-corrected chi connectivity index (χ4v) is 4.83. The summed E-state index contributed by atoms with van der Waals surface area (Å²) in [6, 6.07) is 18.3. The van der Waals surface area contributed by atoms with E-state index < -0.39 is 17.2 Å². The predicted molar refractivity (Wildman–Crippen MR) is 138 cm³/mol. The van der Waals surface area contributed by atoms with Crippen molar-refractivity contribution in [2.24, 2.45) is 0 Å². The molecular formula is C28H28ClF2N3O3. The molecule has 9 heteroatoms. The van der Waals surface area contributed by atoms with Gasteiger partial charge in [-0.15, -0.1) is 0 Å². The molecule has 1 aliphatic heterocycles. The van der Waals surface area contributed by atoms with E-state index >= 15 is 0 Å². The fraction of sp³-hybridized carbons (Fsp3) is 0.321. The van der Waals surface area contributed by atoms with Gasteiger partial charge in [0.15, 0.2) is 11.6 Å². The van der Waals surface area contributed by atoms with Gasteiger partial charge < -0.3 is 19.8 Å². The van der Waals surface area contributed by atoms with Gasteiger partial charge in [0.2, 0.25) is 0 Å². The SMILES string of the molecule is C[C@@](O)(CN1CCN(c2ccc(OCCO)cc2C#N)[C@H](c2ccc(Cl)cc2)C1)c1ccc(F)c(F)c1. The third kappa shape index (κ3) is 6.20. The van der Waals surface area contributed by atoms with E-state index in [1.165, 1.54) is 6.07 Å². The number of rotatable bonds is 8. The quantitative estimate of drug-likeness (QED) is 0.444. The Morgan fingerprint density at radius 3 is 2.51 bits per heavy atom. The van der Waals surface area contributed by atoms with Crippen molar-refractivity contribution in [3.63, 3.8) is 0 Å². The Morgan fingerprint density at radius 2 is 1.84 bits per heavy atom. The van der Waals surface area contributed by atoms with Crippen LogP contribution in [0, 0.1) is 23.0 Å². The standard InChI is InChI=1S/C28H28ClF2N3O3/c1-28(36,21-4-8-24(30)25(31)15-21)18-33-10-11-34(27(17-33)19-2-5-22(29)6-3-19)26-9-7-23(37-13-12-35)14-20(26)16-32/h2-9,14-15,27,35-36H,10-13,17-18H2,1H3/t27-,28+/m0/s1. The van der Waals surface area contributed by atoms with Crippen LogP contribution in [0.5, 0.6) is 5.75 Å². The van der Waals surface area contributed by atoms with Crippen LogP contribution in [0.4, 0.5) is 14.5 Å². The highest BCUT2D eigenvalue weighted by molar-refractivity contribution is 6.30. The number of ether oxygens (including phenoxy) is 1. The van der Waals surface area contributed by atoms with Crippen LogP contribution in [0.2, 0.25) is 5.02 Å². The number of piperazine rings is 1. The van der Waals surface area contributed by atoms with Gasteiger partial charge >= 0.3 is 0 Å². The average molecular weight is 528 g/mol. The monoisotopic (exact) mass is 527 g/mol. The maximum Gasteiger partial charge on any atom is 0.159 e. The predicted octanol–water partition coefficient (Wildman–Crippen LogP) is 4.63. The van der Waals surface area contributed by atoms with E-state index in [9.17, 15) is 19.1 Å². The normalized spacial score (nSPS) is 17.8. The molecular weight excluding hydrogens is 500 g/mol. The Hall–Kier alpha value is -3.22. The summed E-state index contributed by atoms with van der Waals surface area (Å²) in [6.45, 7) is 3.42. The third-order valence-electron chi connectivity index (χ3n) is 6.55. The smallest absolute Gasteiger partial charge is 0.159 e. The Labute approximate surface area is 219 Å². The Bertz CT molecular complexity index is 1280. The Balaban J connectivity index is 1.62. The first kappa shape index (κ1) is 26.8. The third-order valence-corrected chi connectivity index (χ3v) is 6.80. The van der Waals surface area contributed by atoms with Gasteiger partial charge in [-0.3, -0.25) is 4.90 Å². The first-order chi connectivity index (χ1) is 17.7. The highest BCUT2D eigenvalue weighted by Gasteiger charge is 2.34. The van der Waals surface area contributed by atoms with Crippen molar-refractivity contribution in [3.8, 4) is 11.8 Å². The van der Waals surface area contributed by atoms with Crippen molar-refractivity contribution in [1.29, 1.82) is 5.26 Å². The molecule has 0 radical (unpaired) electrons. The Kier molecular flexibility index (Phi) is 8.30. The van der Waals surface area contributed by atoms with Crippen molar-refractivity contribution >= 4 is 17.3 Å². The molecule has 6 nitrogen and oxygen atoms in total. The van der Waals surface area contributed by atoms with Crippen LogP contribution in [0.3, 0.4) is 0 Å². The molecule has 1 saturated heterocycles. The number of hydrogen-bond donors (Lipinski definition) is 2. The lowest BCUT2D eigenvalue weighted by Gasteiger charge is -2.45. The van der Waals surface area contributed by atoms with Gasteiger partial charge in [-0.1, -0.05) is 29.8 Å². The first-order valence-corrected chi connectivity index (χ1v) is 12.3. The van der Waals surface area contributed by atoms with Gasteiger partial charge in [0.1, 0.15) is 18.4 Å². The van der Waals surface area contributed by atoms with Crippen molar-refractivity contribution in [1.82, 2.24) is 4.90 Å². The number of anilines is 1. The number of benzene rings is 3. The molecule has 0 aromatic heterocycles. The van der Waals surface area contributed by atoms with E-state index in [4.69, 9.17) is 21.4 Å². The summed E-state index contributed by atoms with van der Waals surface area (Å²) in [5.74, 6) is -1.47. The molecule has 1 fully saturated rings. The Morgan fingerprint density at radius 1 is 1.08 bits per heavy atom. The largest absolute Gasteiger partial charge is 0.491 e. The van der Waals surface area contributed by atoms with E-state index in [0.29, 0.717) is 41.5 Å². The molecule has 0 amide bonds. The summed E-state index contributed by atoms with van der Waals surface area (Å²) in [5, 5.41) is 30.7. The van der Waals surface area contributed by atoms with Gasteiger partial charge in [0.25, 0.3) is 0 Å². The second-order valence-electron chi connectivity index (χ2n) is 9.26. The molecule has 194 valence electrons. The molecule has 1 aliphatic rings. The van der Waals surface area contributed by atoms with Crippen LogP contribution < -0.4 is 9.64 Å². The molecule has 0 unspecified atom stereocenters. The van der Waals surface area contributed by atoms with Crippen molar-refractivity contribution < 1.29 is 23.7 Å². The van der Waals surface area contributed by atoms with Crippen LogP contribution in [-0.2, 0) is 5.60 Å². The van der Waals surface area contributed by atoms with Crippen LogP contribution in [0.1, 0.15) is 29.7 Å². The summed E-state index contributed by atoms with van der Waals surface area (Å²) in [6.07, 6.45) is 0. The number of nitrogens with zero attached hydrogens (tertiary/aromatic N) is 3. The van der Waals surface area contributed by atoms with E-state index in [0.717, 1.165) is 23.4 Å². The second-order valence-corrected chi connectivity index (χ2v) is 9.70. The van der Waals surface area contributed by atoms with E-state index in [1.807, 2.05) is 30.3 Å². The topological polar surface area (TPSA) is 80.0 Å². The van der Waals surface area contributed by atoms with E-state index in [-0.39, 0.29) is 25.8 Å². The fourth-order valence-electron chi connectivity index (χ4n) is 4.71. The number of aliphatic hydroxyl groups excluding tert-OH is 1. The maximum absolute atomic E-state index is 13.8. The first-order valence-electron chi connectivity index (χ1n) is 11.9. The zero-order valence-corrected chi connectivity index (χ0v) is 21.1. The van der Waals surface area contributed by atoms with Gasteiger partial charge in [0, 0.05) is 31.2 Å². The molecule has 0 bridgehead atoms. The van der Waals surface area contributed by atoms with Crippen LogP contribution >= 0.6 is 11.6 Å². The zero-order valence-electron chi connectivity index (χ0n) is 20.4. The highest BCUT2D eigenvalue weighted by atomic mass is 35.5. The van der Waals surface area contributed by atoms with Gasteiger partial charge in [-0.05, 0) is 60.5 Å².